The summed E-state index contributed by atoms with van der Waals surface area (Å²) in [5.41, 5.74) is 13.7. The second-order valence-electron chi connectivity index (χ2n) is 8.83. The summed E-state index contributed by atoms with van der Waals surface area (Å²) in [6.07, 6.45) is 4.38. The first kappa shape index (κ1) is 23.0. The molecule has 4 aromatic rings. The van der Waals surface area contributed by atoms with Gasteiger partial charge in [-0.3, -0.25) is 4.79 Å². The number of fused-ring (bicyclic) bond motifs is 1. The highest BCUT2D eigenvalue weighted by molar-refractivity contribution is 7.99. The van der Waals surface area contributed by atoms with Crippen LogP contribution in [0, 0.1) is 0 Å². The lowest BCUT2D eigenvalue weighted by Gasteiger charge is -2.41. The van der Waals surface area contributed by atoms with Crippen molar-refractivity contribution in [2.75, 3.05) is 23.7 Å². The van der Waals surface area contributed by atoms with Crippen molar-refractivity contribution in [1.29, 1.82) is 0 Å². The van der Waals surface area contributed by atoms with E-state index in [9.17, 15) is 4.79 Å². The second-order valence-corrected chi connectivity index (χ2v) is 10.3. The zero-order valence-electron chi connectivity index (χ0n) is 19.1. The Morgan fingerprint density at radius 2 is 1.97 bits per heavy atom. The van der Waals surface area contributed by atoms with Gasteiger partial charge in [0.1, 0.15) is 22.6 Å². The number of aromatic nitrogens is 3. The number of aromatic amines is 1. The number of ether oxygens (including phenoxy) is 1. The molecule has 1 atom stereocenters. The van der Waals surface area contributed by atoms with Crippen molar-refractivity contribution in [1.82, 2.24) is 15.0 Å². The van der Waals surface area contributed by atoms with E-state index in [0.717, 1.165) is 11.3 Å². The average molecular weight is 523 g/mol. The van der Waals surface area contributed by atoms with Gasteiger partial charge >= 0.3 is 0 Å². The first-order valence-corrected chi connectivity index (χ1v) is 12.7. The highest BCUT2D eigenvalue weighted by Crippen LogP contribution is 2.47. The van der Waals surface area contributed by atoms with Gasteiger partial charge < -0.3 is 30.5 Å². The predicted octanol–water partition coefficient (Wildman–Crippen LogP) is 4.24. The Balaban J connectivity index is 1.21. The zero-order chi connectivity index (χ0) is 24.9. The van der Waals surface area contributed by atoms with Crippen LogP contribution in [0.2, 0.25) is 5.02 Å². The van der Waals surface area contributed by atoms with Crippen LogP contribution in [0.3, 0.4) is 0 Å². The predicted molar refractivity (Wildman–Crippen MR) is 139 cm³/mol. The number of H-pyrrole nitrogens is 1. The maximum absolute atomic E-state index is 13.0. The van der Waals surface area contributed by atoms with Crippen molar-refractivity contribution < 1.29 is 9.15 Å². The molecular weight excluding hydrogens is 500 g/mol. The fourth-order valence-corrected chi connectivity index (χ4v) is 6.04. The van der Waals surface area contributed by atoms with Gasteiger partial charge in [0, 0.05) is 36.4 Å². The molecule has 36 heavy (non-hydrogen) atoms. The number of nitrogens with one attached hydrogen (secondary N) is 1. The van der Waals surface area contributed by atoms with Crippen LogP contribution in [-0.4, -0.2) is 33.6 Å². The molecular formula is C25H23ClN6O3S. The molecule has 0 radical (unpaired) electrons. The molecule has 9 nitrogen and oxygen atoms in total. The van der Waals surface area contributed by atoms with Crippen molar-refractivity contribution in [3.05, 3.63) is 75.9 Å². The van der Waals surface area contributed by atoms with Crippen molar-refractivity contribution in [3.8, 4) is 17.2 Å². The molecule has 11 heteroatoms. The number of benzene rings is 2. The minimum absolute atomic E-state index is 0.206. The maximum Gasteiger partial charge on any atom is 0.291 e. The summed E-state index contributed by atoms with van der Waals surface area (Å²) >= 11 is 7.83. The fourth-order valence-electron chi connectivity index (χ4n) is 4.86. The van der Waals surface area contributed by atoms with Crippen LogP contribution >= 0.6 is 23.4 Å². The summed E-state index contributed by atoms with van der Waals surface area (Å²) in [5.74, 6) is 1.75. The molecule has 0 bridgehead atoms. The van der Waals surface area contributed by atoms with Gasteiger partial charge in [0.2, 0.25) is 5.89 Å². The van der Waals surface area contributed by atoms with Crippen LogP contribution in [0.5, 0.6) is 5.75 Å². The van der Waals surface area contributed by atoms with Crippen molar-refractivity contribution in [2.45, 2.75) is 34.4 Å². The van der Waals surface area contributed by atoms with E-state index in [1.165, 1.54) is 18.0 Å². The zero-order valence-corrected chi connectivity index (χ0v) is 20.7. The first-order chi connectivity index (χ1) is 17.4. The topological polar surface area (TPSA) is 136 Å². The number of hydrogen-bond donors (Lipinski definition) is 3. The SMILES string of the molecule is Nc1nc(N2CCC3(CC2)Oc2ccccc2C3N)c(=O)[nH]c1Sc1cccc(-c2ncco2)c1Cl. The van der Waals surface area contributed by atoms with E-state index in [2.05, 4.69) is 15.0 Å². The highest BCUT2D eigenvalue weighted by atomic mass is 35.5. The number of piperidine rings is 1. The number of hydrogen-bond acceptors (Lipinski definition) is 9. The lowest BCUT2D eigenvalue weighted by atomic mass is 9.83. The monoisotopic (exact) mass is 522 g/mol. The molecule has 1 spiro atoms. The highest BCUT2D eigenvalue weighted by Gasteiger charge is 2.48. The van der Waals surface area contributed by atoms with Crippen LogP contribution in [0.4, 0.5) is 11.6 Å². The third-order valence-electron chi connectivity index (χ3n) is 6.77. The molecule has 5 N–H and O–H groups in total. The lowest BCUT2D eigenvalue weighted by molar-refractivity contribution is 0.0430. The number of oxazole rings is 1. The number of nitrogens with zero attached hydrogens (tertiary/aromatic N) is 3. The Kier molecular flexibility index (Phi) is 5.66. The van der Waals surface area contributed by atoms with Crippen LogP contribution in [0.25, 0.3) is 11.5 Å². The molecule has 1 unspecified atom stereocenters. The van der Waals surface area contributed by atoms with E-state index >= 15 is 0 Å². The van der Waals surface area contributed by atoms with Gasteiger partial charge in [0.25, 0.3) is 5.56 Å². The third kappa shape index (κ3) is 3.82. The minimum atomic E-state index is -0.473. The summed E-state index contributed by atoms with van der Waals surface area (Å²) in [7, 11) is 0. The number of para-hydroxylation sites is 1. The van der Waals surface area contributed by atoms with E-state index in [1.54, 1.807) is 6.20 Å². The van der Waals surface area contributed by atoms with Crippen molar-refractivity contribution in [3.63, 3.8) is 0 Å². The van der Waals surface area contributed by atoms with Gasteiger partial charge in [-0.2, -0.15) is 0 Å². The van der Waals surface area contributed by atoms with Crippen LogP contribution in [0.15, 0.2) is 74.1 Å². The number of halogens is 1. The molecule has 4 heterocycles. The number of rotatable bonds is 4. The molecule has 2 aliphatic rings. The number of anilines is 2. The van der Waals surface area contributed by atoms with Gasteiger partial charge in [-0.25, -0.2) is 9.97 Å². The van der Waals surface area contributed by atoms with Gasteiger partial charge in [-0.05, 0) is 18.2 Å². The standard InChI is InChI=1S/C25H23ClN6O3S/c26-18-15(23-29-10-13-34-23)5-3-7-17(18)36-24-20(28)30-21(22(33)31-24)32-11-8-25(9-12-32)19(27)14-4-1-2-6-16(14)35-25/h1-7,10,13,19H,8-9,11-12,27H2,(H2,28,30)(H,31,33). The third-order valence-corrected chi connectivity index (χ3v) is 8.37. The summed E-state index contributed by atoms with van der Waals surface area (Å²) in [4.78, 5) is 27.2. The first-order valence-electron chi connectivity index (χ1n) is 11.5. The van der Waals surface area contributed by atoms with E-state index in [4.69, 9.17) is 32.2 Å². The average Bonchev–Trinajstić information content (AvgIpc) is 3.51. The van der Waals surface area contributed by atoms with Crippen molar-refractivity contribution in [2.24, 2.45) is 5.73 Å². The molecule has 2 aromatic heterocycles. The molecule has 1 fully saturated rings. The minimum Gasteiger partial charge on any atom is -0.485 e. The molecule has 2 aliphatic heterocycles. The fraction of sp³-hybridized carbons (Fsp3) is 0.240. The summed E-state index contributed by atoms with van der Waals surface area (Å²) < 4.78 is 11.7. The molecule has 2 aromatic carbocycles. The van der Waals surface area contributed by atoms with E-state index in [1.807, 2.05) is 47.4 Å². The molecule has 184 valence electrons. The smallest absolute Gasteiger partial charge is 0.291 e. The molecule has 0 saturated carbocycles. The molecule has 6 rings (SSSR count). The number of nitrogens with two attached hydrogens (primary N) is 2. The summed E-state index contributed by atoms with van der Waals surface area (Å²) in [5, 5.41) is 0.866. The van der Waals surface area contributed by atoms with E-state index in [0.29, 0.717) is 52.3 Å². The lowest BCUT2D eigenvalue weighted by Crippen LogP contribution is -2.52. The van der Waals surface area contributed by atoms with Crippen molar-refractivity contribution >= 4 is 35.0 Å². The van der Waals surface area contributed by atoms with E-state index < -0.39 is 5.60 Å². The molecule has 0 aliphatic carbocycles. The second kappa shape index (κ2) is 8.88. The van der Waals surface area contributed by atoms with E-state index in [-0.39, 0.29) is 23.2 Å². The Hall–Kier alpha value is -3.47. The Labute approximate surface area is 215 Å². The number of nitrogen functional groups attached to an aromatic ring is 1. The van der Waals surface area contributed by atoms with Gasteiger partial charge in [-0.1, -0.05) is 47.6 Å². The molecule has 1 saturated heterocycles. The normalized spacial score (nSPS) is 18.3. The quantitative estimate of drug-likeness (QED) is 0.359. The summed E-state index contributed by atoms with van der Waals surface area (Å²) in [6.45, 7) is 1.15. The van der Waals surface area contributed by atoms with Crippen LogP contribution in [-0.2, 0) is 0 Å². The van der Waals surface area contributed by atoms with Crippen LogP contribution in [0.1, 0.15) is 24.4 Å². The Morgan fingerprint density at radius 1 is 1.17 bits per heavy atom. The Morgan fingerprint density at radius 3 is 2.72 bits per heavy atom. The largest absolute Gasteiger partial charge is 0.485 e. The van der Waals surface area contributed by atoms with Gasteiger partial charge in [0.15, 0.2) is 11.6 Å². The molecule has 0 amide bonds. The van der Waals surface area contributed by atoms with Gasteiger partial charge in [0.05, 0.1) is 22.8 Å². The van der Waals surface area contributed by atoms with Gasteiger partial charge in [-0.15, -0.1) is 0 Å². The summed E-state index contributed by atoms with van der Waals surface area (Å²) in [6, 6.07) is 13.2. The Bertz CT molecular complexity index is 1480. The van der Waals surface area contributed by atoms with Crippen LogP contribution < -0.4 is 26.7 Å². The maximum atomic E-state index is 13.0.